The summed E-state index contributed by atoms with van der Waals surface area (Å²) in [5.41, 5.74) is 5.70. The van der Waals surface area contributed by atoms with E-state index in [0.29, 0.717) is 23.0 Å². The number of anilines is 2. The Morgan fingerprint density at radius 1 is 1.08 bits per heavy atom. The number of benzene rings is 2. The molecule has 1 saturated heterocycles. The number of nitrogens with one attached hydrogen (secondary N) is 2. The van der Waals surface area contributed by atoms with Crippen LogP contribution in [0.25, 0.3) is 5.69 Å². The molecule has 188 valence electrons. The maximum atomic E-state index is 12.0. The Kier molecular flexibility index (Phi) is 6.92. The van der Waals surface area contributed by atoms with Gasteiger partial charge in [0, 0.05) is 41.9 Å². The Balaban J connectivity index is 1.63. The minimum absolute atomic E-state index is 0.0755. The maximum absolute atomic E-state index is 12.0. The summed E-state index contributed by atoms with van der Waals surface area (Å²) in [6, 6.07) is 23.9. The van der Waals surface area contributed by atoms with Crippen molar-refractivity contribution in [2.24, 2.45) is 0 Å². The van der Waals surface area contributed by atoms with Crippen LogP contribution in [0, 0.1) is 6.92 Å². The topological polar surface area (TPSA) is 71.4 Å². The van der Waals surface area contributed by atoms with Crippen molar-refractivity contribution in [3.8, 4) is 11.4 Å². The predicted octanol–water partition coefficient (Wildman–Crippen LogP) is 5.71. The molecule has 0 spiro atoms. The third kappa shape index (κ3) is 4.80. The summed E-state index contributed by atoms with van der Waals surface area (Å²) in [5.74, 6) is 0.490. The van der Waals surface area contributed by atoms with Crippen molar-refractivity contribution in [1.29, 1.82) is 0 Å². The molecule has 5 rings (SSSR count). The normalized spacial score (nSPS) is 16.9. The van der Waals surface area contributed by atoms with Crippen molar-refractivity contribution in [2.75, 3.05) is 17.3 Å². The highest BCUT2D eigenvalue weighted by molar-refractivity contribution is 7.80. The van der Waals surface area contributed by atoms with Crippen molar-refractivity contribution < 1.29 is 9.53 Å². The zero-order valence-corrected chi connectivity index (χ0v) is 21.8. The molecule has 2 aromatic carbocycles. The summed E-state index contributed by atoms with van der Waals surface area (Å²) < 4.78 is 7.84. The van der Waals surface area contributed by atoms with Gasteiger partial charge in [-0.2, -0.15) is 0 Å². The molecule has 1 fully saturated rings. The summed E-state index contributed by atoms with van der Waals surface area (Å²) in [4.78, 5) is 18.8. The highest BCUT2D eigenvalue weighted by atomic mass is 32.1. The predicted molar refractivity (Wildman–Crippen MR) is 150 cm³/mol. The van der Waals surface area contributed by atoms with Crippen LogP contribution in [0.15, 0.2) is 85.2 Å². The molecule has 0 aliphatic carbocycles. The van der Waals surface area contributed by atoms with Crippen molar-refractivity contribution in [3.05, 3.63) is 102 Å². The number of pyridine rings is 1. The summed E-state index contributed by atoms with van der Waals surface area (Å²) in [7, 11) is 1.60. The number of ether oxygens (including phenoxy) is 1. The first kappa shape index (κ1) is 24.5. The van der Waals surface area contributed by atoms with Gasteiger partial charge in [0.1, 0.15) is 11.8 Å². The SMILES string of the molecule is CCC(=O)Nc1ccc(N2C(=S)N[C@H](c3ccccn3)[C@H]2c2cccn2-c2cccc(C)c2)cc1OC. The van der Waals surface area contributed by atoms with Gasteiger partial charge in [-0.25, -0.2) is 0 Å². The van der Waals surface area contributed by atoms with E-state index in [2.05, 4.69) is 74.6 Å². The fourth-order valence-electron chi connectivity index (χ4n) is 4.75. The number of thiocarbonyl (C=S) groups is 1. The Morgan fingerprint density at radius 3 is 2.68 bits per heavy atom. The van der Waals surface area contributed by atoms with E-state index in [1.807, 2.05) is 43.3 Å². The molecule has 4 aromatic rings. The van der Waals surface area contributed by atoms with Crippen molar-refractivity contribution >= 4 is 34.6 Å². The van der Waals surface area contributed by atoms with E-state index in [1.54, 1.807) is 13.3 Å². The number of methoxy groups -OCH3 is 1. The Morgan fingerprint density at radius 2 is 1.95 bits per heavy atom. The summed E-state index contributed by atoms with van der Waals surface area (Å²) >= 11 is 5.90. The molecule has 8 heteroatoms. The summed E-state index contributed by atoms with van der Waals surface area (Å²) in [6.07, 6.45) is 4.26. The fraction of sp³-hybridized carbons (Fsp3) is 0.207. The van der Waals surface area contributed by atoms with Gasteiger partial charge in [0.05, 0.1) is 24.5 Å². The zero-order chi connectivity index (χ0) is 25.9. The van der Waals surface area contributed by atoms with E-state index < -0.39 is 0 Å². The monoisotopic (exact) mass is 511 g/mol. The first-order chi connectivity index (χ1) is 18.0. The first-order valence-electron chi connectivity index (χ1n) is 12.2. The quantitative estimate of drug-likeness (QED) is 0.310. The van der Waals surface area contributed by atoms with Gasteiger partial charge >= 0.3 is 0 Å². The third-order valence-electron chi connectivity index (χ3n) is 6.52. The van der Waals surface area contributed by atoms with E-state index in [0.717, 1.165) is 22.8 Å². The largest absolute Gasteiger partial charge is 0.494 e. The molecule has 2 atom stereocenters. The van der Waals surface area contributed by atoms with Crippen LogP contribution in [0.3, 0.4) is 0 Å². The number of carbonyl (C=O) groups excluding carboxylic acids is 1. The Labute approximate surface area is 222 Å². The van der Waals surface area contributed by atoms with Gasteiger partial charge in [-0.15, -0.1) is 0 Å². The number of rotatable bonds is 7. The van der Waals surface area contributed by atoms with Crippen molar-refractivity contribution in [2.45, 2.75) is 32.4 Å². The van der Waals surface area contributed by atoms with Crippen LogP contribution < -0.4 is 20.3 Å². The molecule has 37 heavy (non-hydrogen) atoms. The lowest BCUT2D eigenvalue weighted by Crippen LogP contribution is -2.30. The molecule has 0 unspecified atom stereocenters. The maximum Gasteiger partial charge on any atom is 0.224 e. The van der Waals surface area contributed by atoms with Crippen molar-refractivity contribution in [1.82, 2.24) is 14.9 Å². The van der Waals surface area contributed by atoms with Crippen molar-refractivity contribution in [3.63, 3.8) is 0 Å². The molecule has 0 radical (unpaired) electrons. The molecule has 3 heterocycles. The van der Waals surface area contributed by atoms with Gasteiger partial charge < -0.3 is 24.8 Å². The van der Waals surface area contributed by atoms with Crippen LogP contribution in [0.4, 0.5) is 11.4 Å². The van der Waals surface area contributed by atoms with Crippen LogP contribution in [0.5, 0.6) is 5.75 Å². The van der Waals surface area contributed by atoms with Gasteiger partial charge in [0.25, 0.3) is 0 Å². The highest BCUT2D eigenvalue weighted by Gasteiger charge is 2.42. The number of nitrogens with zero attached hydrogens (tertiary/aromatic N) is 3. The van der Waals surface area contributed by atoms with Crippen LogP contribution >= 0.6 is 12.2 Å². The number of carbonyl (C=O) groups is 1. The fourth-order valence-corrected chi connectivity index (χ4v) is 5.10. The van der Waals surface area contributed by atoms with Crippen LogP contribution in [-0.4, -0.2) is 27.7 Å². The number of aromatic nitrogens is 2. The molecule has 7 nitrogen and oxygen atoms in total. The van der Waals surface area contributed by atoms with Gasteiger partial charge in [-0.3, -0.25) is 9.78 Å². The molecule has 1 amide bonds. The molecule has 1 aliphatic rings. The molecule has 2 N–H and O–H groups in total. The first-order valence-corrected chi connectivity index (χ1v) is 12.6. The Hall–Kier alpha value is -4.17. The van der Waals surface area contributed by atoms with E-state index in [-0.39, 0.29) is 18.0 Å². The van der Waals surface area contributed by atoms with Crippen LogP contribution in [-0.2, 0) is 4.79 Å². The standard InChI is InChI=1S/C29H29N5O2S/c1-4-26(35)31-22-14-13-21(18-25(22)36-3)34-28(27(32-29(34)37)23-11-5-6-15-30-23)24-12-8-16-33(24)20-10-7-9-19(2)17-20/h5-18,27-28H,4H2,1-3H3,(H,31,35)(H,32,37)/t27-,28-/m1/s1. The van der Waals surface area contributed by atoms with Crippen LogP contribution in [0.1, 0.15) is 42.4 Å². The van der Waals surface area contributed by atoms with E-state index in [9.17, 15) is 4.79 Å². The summed E-state index contributed by atoms with van der Waals surface area (Å²) in [6.45, 7) is 3.91. The lowest BCUT2D eigenvalue weighted by molar-refractivity contribution is -0.115. The number of amides is 1. The second-order valence-corrected chi connectivity index (χ2v) is 9.31. The van der Waals surface area contributed by atoms with Gasteiger partial charge in [0.2, 0.25) is 5.91 Å². The summed E-state index contributed by atoms with van der Waals surface area (Å²) in [5, 5.41) is 7.00. The van der Waals surface area contributed by atoms with Gasteiger partial charge in [0.15, 0.2) is 5.11 Å². The highest BCUT2D eigenvalue weighted by Crippen LogP contribution is 2.43. The van der Waals surface area contributed by atoms with E-state index in [1.165, 1.54) is 5.56 Å². The number of hydrogen-bond acceptors (Lipinski definition) is 4. The lowest BCUT2D eigenvalue weighted by atomic mass is 10.0. The molecule has 2 aromatic heterocycles. The number of aryl methyl sites for hydroxylation is 1. The minimum atomic E-state index is -0.196. The molecule has 0 saturated carbocycles. The molecule has 1 aliphatic heterocycles. The second-order valence-electron chi connectivity index (χ2n) is 8.92. The number of hydrogen-bond donors (Lipinski definition) is 2. The Bertz CT molecular complexity index is 1440. The zero-order valence-electron chi connectivity index (χ0n) is 21.0. The lowest BCUT2D eigenvalue weighted by Gasteiger charge is -2.29. The minimum Gasteiger partial charge on any atom is -0.494 e. The van der Waals surface area contributed by atoms with E-state index >= 15 is 0 Å². The third-order valence-corrected chi connectivity index (χ3v) is 6.83. The average molecular weight is 512 g/mol. The van der Waals surface area contributed by atoms with Gasteiger partial charge in [-0.05, 0) is 73.2 Å². The second kappa shape index (κ2) is 10.4. The van der Waals surface area contributed by atoms with Gasteiger partial charge in [-0.1, -0.05) is 25.1 Å². The van der Waals surface area contributed by atoms with Crippen LogP contribution in [0.2, 0.25) is 0 Å². The average Bonchev–Trinajstić information content (AvgIpc) is 3.53. The molecular formula is C29H29N5O2S. The molecular weight excluding hydrogens is 482 g/mol. The smallest absolute Gasteiger partial charge is 0.224 e. The molecule has 0 bridgehead atoms. The van der Waals surface area contributed by atoms with E-state index in [4.69, 9.17) is 17.0 Å².